The summed E-state index contributed by atoms with van der Waals surface area (Å²) in [4.78, 5) is 11.3. The largest absolute Gasteiger partial charge is 0.376 e. The molecule has 1 aliphatic rings. The number of hydrogen-bond donors (Lipinski definition) is 1. The summed E-state index contributed by atoms with van der Waals surface area (Å²) >= 11 is 0. The number of amides is 1. The van der Waals surface area contributed by atoms with Crippen LogP contribution in [0.3, 0.4) is 0 Å². The molecule has 1 aliphatic heterocycles. The van der Waals surface area contributed by atoms with Gasteiger partial charge in [-0.15, -0.1) is 0 Å². The van der Waals surface area contributed by atoms with Crippen molar-refractivity contribution in [3.63, 3.8) is 0 Å². The monoisotopic (exact) mass is 171 g/mol. The molecular formula is C9H17NO2. The molecule has 1 fully saturated rings. The molecule has 3 heteroatoms. The van der Waals surface area contributed by atoms with E-state index in [1.165, 1.54) is 0 Å². The Bertz CT molecular complexity index is 155. The summed E-state index contributed by atoms with van der Waals surface area (Å²) in [6.45, 7) is 5.49. The number of rotatable bonds is 4. The summed E-state index contributed by atoms with van der Waals surface area (Å²) in [5.74, 6) is 0.276. The average Bonchev–Trinajstić information content (AvgIpc) is 2.00. The standard InChI is InChI=1S/C9H17NO2/c1-3-7(2)9(11)10-6-8-4-5-12-8/h7-8H,3-6H2,1-2H3,(H,10,11). The summed E-state index contributed by atoms with van der Waals surface area (Å²) in [5.41, 5.74) is 0. The van der Waals surface area contributed by atoms with Crippen molar-refractivity contribution >= 4 is 5.91 Å². The van der Waals surface area contributed by atoms with E-state index >= 15 is 0 Å². The first kappa shape index (κ1) is 9.52. The van der Waals surface area contributed by atoms with Crippen molar-refractivity contribution in [2.24, 2.45) is 5.92 Å². The molecule has 1 heterocycles. The normalized spacial score (nSPS) is 24.3. The zero-order valence-electron chi connectivity index (χ0n) is 7.80. The summed E-state index contributed by atoms with van der Waals surface area (Å²) in [6.07, 6.45) is 2.26. The molecule has 0 radical (unpaired) electrons. The summed E-state index contributed by atoms with van der Waals surface area (Å²) in [5, 5.41) is 2.87. The van der Waals surface area contributed by atoms with Crippen LogP contribution in [0.1, 0.15) is 26.7 Å². The minimum atomic E-state index is 0.130. The lowest BCUT2D eigenvalue weighted by Crippen LogP contribution is -2.41. The van der Waals surface area contributed by atoms with Gasteiger partial charge >= 0.3 is 0 Å². The second kappa shape index (κ2) is 4.45. The molecule has 3 nitrogen and oxygen atoms in total. The highest BCUT2D eigenvalue weighted by atomic mass is 16.5. The van der Waals surface area contributed by atoms with E-state index in [0.29, 0.717) is 6.54 Å². The van der Waals surface area contributed by atoms with Crippen molar-refractivity contribution < 1.29 is 9.53 Å². The van der Waals surface area contributed by atoms with Crippen molar-refractivity contribution in [2.45, 2.75) is 32.8 Å². The molecule has 70 valence electrons. The highest BCUT2D eigenvalue weighted by Gasteiger charge is 2.19. The topological polar surface area (TPSA) is 38.3 Å². The smallest absolute Gasteiger partial charge is 0.222 e. The molecular weight excluding hydrogens is 154 g/mol. The Balaban J connectivity index is 2.08. The van der Waals surface area contributed by atoms with Gasteiger partial charge in [0.15, 0.2) is 0 Å². The van der Waals surface area contributed by atoms with E-state index in [-0.39, 0.29) is 17.9 Å². The molecule has 0 spiro atoms. The Hall–Kier alpha value is -0.570. The van der Waals surface area contributed by atoms with Crippen molar-refractivity contribution in [3.05, 3.63) is 0 Å². The molecule has 0 aromatic carbocycles. The Kier molecular flexibility index (Phi) is 3.53. The highest BCUT2D eigenvalue weighted by Crippen LogP contribution is 2.09. The fraction of sp³-hybridized carbons (Fsp3) is 0.889. The number of carbonyl (C=O) groups excluding carboxylic acids is 1. The molecule has 0 bridgehead atoms. The van der Waals surface area contributed by atoms with E-state index in [1.807, 2.05) is 13.8 Å². The van der Waals surface area contributed by atoms with Gasteiger partial charge < -0.3 is 10.1 Å². The molecule has 2 atom stereocenters. The van der Waals surface area contributed by atoms with E-state index in [2.05, 4.69) is 5.32 Å². The molecule has 1 rings (SSSR count). The fourth-order valence-corrected chi connectivity index (χ4v) is 1.02. The maximum absolute atomic E-state index is 11.3. The SMILES string of the molecule is CCC(C)C(=O)NCC1CCO1. The maximum atomic E-state index is 11.3. The first-order valence-corrected chi connectivity index (χ1v) is 4.63. The molecule has 2 unspecified atom stereocenters. The summed E-state index contributed by atoms with van der Waals surface area (Å²) in [7, 11) is 0. The number of hydrogen-bond acceptors (Lipinski definition) is 2. The second-order valence-corrected chi connectivity index (χ2v) is 3.34. The van der Waals surface area contributed by atoms with E-state index in [0.717, 1.165) is 19.4 Å². The molecule has 0 aromatic heterocycles. The van der Waals surface area contributed by atoms with Gasteiger partial charge in [-0.3, -0.25) is 4.79 Å². The fourth-order valence-electron chi connectivity index (χ4n) is 1.02. The average molecular weight is 171 g/mol. The van der Waals surface area contributed by atoms with Crippen LogP contribution in [0.2, 0.25) is 0 Å². The second-order valence-electron chi connectivity index (χ2n) is 3.34. The van der Waals surface area contributed by atoms with Crippen LogP contribution in [0.15, 0.2) is 0 Å². The van der Waals surface area contributed by atoms with E-state index in [9.17, 15) is 4.79 Å². The first-order valence-electron chi connectivity index (χ1n) is 4.63. The Morgan fingerprint density at radius 3 is 2.83 bits per heavy atom. The van der Waals surface area contributed by atoms with Crippen LogP contribution < -0.4 is 5.32 Å². The van der Waals surface area contributed by atoms with Gasteiger partial charge in [-0.25, -0.2) is 0 Å². The van der Waals surface area contributed by atoms with Gasteiger partial charge in [0, 0.05) is 19.1 Å². The van der Waals surface area contributed by atoms with Crippen LogP contribution in [0, 0.1) is 5.92 Å². The third kappa shape index (κ3) is 2.48. The third-order valence-electron chi connectivity index (χ3n) is 2.36. The van der Waals surface area contributed by atoms with Crippen LogP contribution in [0.25, 0.3) is 0 Å². The first-order chi connectivity index (χ1) is 5.74. The molecule has 0 aromatic rings. The van der Waals surface area contributed by atoms with Crippen molar-refractivity contribution in [1.29, 1.82) is 0 Å². The molecule has 1 saturated heterocycles. The Morgan fingerprint density at radius 1 is 1.75 bits per heavy atom. The van der Waals surface area contributed by atoms with Gasteiger partial charge in [0.25, 0.3) is 0 Å². The number of ether oxygens (including phenoxy) is 1. The minimum Gasteiger partial charge on any atom is -0.376 e. The predicted octanol–water partition coefficient (Wildman–Crippen LogP) is 0.938. The van der Waals surface area contributed by atoms with Crippen LogP contribution in [0.5, 0.6) is 0 Å². The maximum Gasteiger partial charge on any atom is 0.222 e. The van der Waals surface area contributed by atoms with E-state index in [1.54, 1.807) is 0 Å². The third-order valence-corrected chi connectivity index (χ3v) is 2.36. The number of carbonyl (C=O) groups is 1. The van der Waals surface area contributed by atoms with E-state index in [4.69, 9.17) is 4.74 Å². The quantitative estimate of drug-likeness (QED) is 0.683. The Morgan fingerprint density at radius 2 is 2.42 bits per heavy atom. The van der Waals surface area contributed by atoms with Gasteiger partial charge in [0.1, 0.15) is 0 Å². The Labute approximate surface area is 73.5 Å². The van der Waals surface area contributed by atoms with Gasteiger partial charge in [-0.1, -0.05) is 13.8 Å². The number of nitrogens with one attached hydrogen (secondary N) is 1. The van der Waals surface area contributed by atoms with Crippen molar-refractivity contribution in [1.82, 2.24) is 5.32 Å². The van der Waals surface area contributed by atoms with Gasteiger partial charge in [-0.05, 0) is 12.8 Å². The lowest BCUT2D eigenvalue weighted by molar-refractivity contribution is -0.126. The van der Waals surface area contributed by atoms with Gasteiger partial charge in [-0.2, -0.15) is 0 Å². The van der Waals surface area contributed by atoms with Crippen LogP contribution in [-0.2, 0) is 9.53 Å². The van der Waals surface area contributed by atoms with Crippen LogP contribution >= 0.6 is 0 Å². The summed E-state index contributed by atoms with van der Waals surface area (Å²) in [6, 6.07) is 0. The van der Waals surface area contributed by atoms with Crippen molar-refractivity contribution in [3.8, 4) is 0 Å². The van der Waals surface area contributed by atoms with Crippen LogP contribution in [0.4, 0.5) is 0 Å². The molecule has 0 aliphatic carbocycles. The zero-order valence-corrected chi connectivity index (χ0v) is 7.80. The minimum absolute atomic E-state index is 0.130. The van der Waals surface area contributed by atoms with Crippen LogP contribution in [-0.4, -0.2) is 25.2 Å². The van der Waals surface area contributed by atoms with E-state index < -0.39 is 0 Å². The lowest BCUT2D eigenvalue weighted by Gasteiger charge is -2.26. The lowest BCUT2D eigenvalue weighted by atomic mass is 10.1. The van der Waals surface area contributed by atoms with Gasteiger partial charge in [0.2, 0.25) is 5.91 Å². The van der Waals surface area contributed by atoms with Crippen molar-refractivity contribution in [2.75, 3.05) is 13.2 Å². The molecule has 0 saturated carbocycles. The zero-order chi connectivity index (χ0) is 8.97. The molecule has 1 amide bonds. The summed E-state index contributed by atoms with van der Waals surface area (Å²) < 4.78 is 5.18. The highest BCUT2D eigenvalue weighted by molar-refractivity contribution is 5.78. The van der Waals surface area contributed by atoms with Gasteiger partial charge in [0.05, 0.1) is 6.10 Å². The predicted molar refractivity (Wildman–Crippen MR) is 46.8 cm³/mol. The molecule has 1 N–H and O–H groups in total. The molecule has 12 heavy (non-hydrogen) atoms.